The second-order valence-corrected chi connectivity index (χ2v) is 9.32. The molecule has 1 aromatic carbocycles. The van der Waals surface area contributed by atoms with Crippen molar-refractivity contribution in [3.8, 4) is 0 Å². The number of hydrogen-bond acceptors (Lipinski definition) is 5. The number of sulfonamides is 1. The van der Waals surface area contributed by atoms with Gasteiger partial charge in [-0.1, -0.05) is 30.3 Å². The fraction of sp³-hybridized carbons (Fsp3) is 0.632. The van der Waals surface area contributed by atoms with Gasteiger partial charge in [-0.2, -0.15) is 4.31 Å². The molecule has 0 saturated carbocycles. The van der Waals surface area contributed by atoms with Crippen molar-refractivity contribution >= 4 is 15.9 Å². The summed E-state index contributed by atoms with van der Waals surface area (Å²) in [6.45, 7) is 3.52. The average Bonchev–Trinajstić information content (AvgIpc) is 3.15. The van der Waals surface area contributed by atoms with Gasteiger partial charge in [0, 0.05) is 39.3 Å². The standard InChI is InChI=1S/C19H29N3O4S/c1-20(14-18-8-5-13-26-18)15-19(23)21-9-11-22(12-10-21)27(24,25)16-17-6-3-2-4-7-17/h2-4,6-7,18H,5,8-16H2,1H3. The van der Waals surface area contributed by atoms with Crippen LogP contribution in [0.15, 0.2) is 30.3 Å². The van der Waals surface area contributed by atoms with Crippen LogP contribution in [0.4, 0.5) is 0 Å². The molecule has 27 heavy (non-hydrogen) atoms. The summed E-state index contributed by atoms with van der Waals surface area (Å²) in [6, 6.07) is 9.20. The summed E-state index contributed by atoms with van der Waals surface area (Å²) in [5.41, 5.74) is 0.784. The van der Waals surface area contributed by atoms with Gasteiger partial charge in [-0.3, -0.25) is 9.69 Å². The molecule has 0 spiro atoms. The molecule has 0 bridgehead atoms. The van der Waals surface area contributed by atoms with Gasteiger partial charge in [0.25, 0.3) is 0 Å². The monoisotopic (exact) mass is 395 g/mol. The predicted molar refractivity (Wildman–Crippen MR) is 104 cm³/mol. The summed E-state index contributed by atoms with van der Waals surface area (Å²) >= 11 is 0. The van der Waals surface area contributed by atoms with Gasteiger partial charge in [-0.15, -0.1) is 0 Å². The third kappa shape index (κ3) is 5.75. The maximum absolute atomic E-state index is 12.6. The molecule has 2 aliphatic rings. The molecule has 8 heteroatoms. The number of amides is 1. The first-order valence-electron chi connectivity index (χ1n) is 9.54. The quantitative estimate of drug-likeness (QED) is 0.682. The molecule has 3 rings (SSSR count). The van der Waals surface area contributed by atoms with Crippen LogP contribution >= 0.6 is 0 Å². The van der Waals surface area contributed by atoms with Crippen molar-refractivity contribution in [2.24, 2.45) is 0 Å². The predicted octanol–water partition coefficient (Wildman–Crippen LogP) is 0.771. The molecular formula is C19H29N3O4S. The molecule has 1 amide bonds. The molecule has 150 valence electrons. The first-order chi connectivity index (χ1) is 12.9. The third-order valence-corrected chi connectivity index (χ3v) is 6.97. The maximum Gasteiger partial charge on any atom is 0.236 e. The fourth-order valence-electron chi connectivity index (χ4n) is 3.62. The fourth-order valence-corrected chi connectivity index (χ4v) is 5.14. The second-order valence-electron chi connectivity index (χ2n) is 7.35. The van der Waals surface area contributed by atoms with Crippen LogP contribution in [0.25, 0.3) is 0 Å². The Labute approximate surface area is 161 Å². The van der Waals surface area contributed by atoms with Crippen molar-refractivity contribution in [2.45, 2.75) is 24.7 Å². The van der Waals surface area contributed by atoms with Crippen molar-refractivity contribution in [2.75, 3.05) is 52.9 Å². The van der Waals surface area contributed by atoms with Gasteiger partial charge >= 0.3 is 0 Å². The highest BCUT2D eigenvalue weighted by molar-refractivity contribution is 7.88. The Hall–Kier alpha value is -1.48. The van der Waals surface area contributed by atoms with E-state index in [9.17, 15) is 13.2 Å². The Kier molecular flexibility index (Phi) is 6.86. The largest absolute Gasteiger partial charge is 0.377 e. The SMILES string of the molecule is CN(CC(=O)N1CCN(S(=O)(=O)Cc2ccccc2)CC1)CC1CCCO1. The van der Waals surface area contributed by atoms with E-state index in [1.54, 1.807) is 4.90 Å². The highest BCUT2D eigenvalue weighted by Crippen LogP contribution is 2.15. The molecule has 1 atom stereocenters. The van der Waals surface area contributed by atoms with E-state index < -0.39 is 10.0 Å². The van der Waals surface area contributed by atoms with Crippen LogP contribution in [-0.4, -0.2) is 87.5 Å². The van der Waals surface area contributed by atoms with E-state index in [0.717, 1.165) is 31.6 Å². The lowest BCUT2D eigenvalue weighted by atomic mass is 10.2. The Morgan fingerprint density at radius 2 is 1.89 bits per heavy atom. The van der Waals surface area contributed by atoms with Gasteiger partial charge in [0.15, 0.2) is 0 Å². The zero-order valence-corrected chi connectivity index (χ0v) is 16.7. The van der Waals surface area contributed by atoms with Gasteiger partial charge in [-0.05, 0) is 25.5 Å². The number of rotatable bonds is 7. The van der Waals surface area contributed by atoms with Crippen molar-refractivity contribution in [1.29, 1.82) is 0 Å². The molecule has 1 unspecified atom stereocenters. The van der Waals surface area contributed by atoms with Crippen LogP contribution in [0.3, 0.4) is 0 Å². The molecule has 2 saturated heterocycles. The highest BCUT2D eigenvalue weighted by Gasteiger charge is 2.29. The lowest BCUT2D eigenvalue weighted by Crippen LogP contribution is -2.52. The lowest BCUT2D eigenvalue weighted by Gasteiger charge is -2.35. The minimum atomic E-state index is -3.36. The summed E-state index contributed by atoms with van der Waals surface area (Å²) in [4.78, 5) is 16.3. The molecule has 0 aromatic heterocycles. The summed E-state index contributed by atoms with van der Waals surface area (Å²) < 4.78 is 32.3. The minimum absolute atomic E-state index is 0.00587. The van der Waals surface area contributed by atoms with E-state index in [1.165, 1.54) is 4.31 Å². The van der Waals surface area contributed by atoms with Gasteiger partial charge in [0.2, 0.25) is 15.9 Å². The third-order valence-electron chi connectivity index (χ3n) is 5.12. The zero-order valence-electron chi connectivity index (χ0n) is 15.9. The average molecular weight is 396 g/mol. The van der Waals surface area contributed by atoms with Crippen molar-refractivity contribution in [1.82, 2.24) is 14.1 Å². The maximum atomic E-state index is 12.6. The minimum Gasteiger partial charge on any atom is -0.377 e. The summed E-state index contributed by atoms with van der Waals surface area (Å²) in [6.07, 6.45) is 2.37. The smallest absolute Gasteiger partial charge is 0.236 e. The number of piperazine rings is 1. The molecule has 2 fully saturated rings. The van der Waals surface area contributed by atoms with Gasteiger partial charge in [0.05, 0.1) is 18.4 Å². The van der Waals surface area contributed by atoms with E-state index >= 15 is 0 Å². The molecule has 2 aliphatic heterocycles. The zero-order chi connectivity index (χ0) is 19.3. The molecule has 7 nitrogen and oxygen atoms in total. The molecule has 0 N–H and O–H groups in total. The Bertz CT molecular complexity index is 712. The van der Waals surface area contributed by atoms with Crippen molar-refractivity contribution < 1.29 is 17.9 Å². The Balaban J connectivity index is 1.45. The van der Waals surface area contributed by atoms with Gasteiger partial charge in [0.1, 0.15) is 0 Å². The molecule has 0 aliphatic carbocycles. The highest BCUT2D eigenvalue weighted by atomic mass is 32.2. The molecular weight excluding hydrogens is 366 g/mol. The lowest BCUT2D eigenvalue weighted by molar-refractivity contribution is -0.133. The van der Waals surface area contributed by atoms with Crippen LogP contribution in [0, 0.1) is 0 Å². The molecule has 0 radical (unpaired) electrons. The normalized spacial score (nSPS) is 21.7. The van der Waals surface area contributed by atoms with E-state index in [1.807, 2.05) is 42.3 Å². The number of carbonyl (C=O) groups is 1. The number of carbonyl (C=O) groups excluding carboxylic acids is 1. The van der Waals surface area contributed by atoms with Crippen LogP contribution in [0.1, 0.15) is 18.4 Å². The number of likely N-dealkylation sites (N-methyl/N-ethyl adjacent to an activating group) is 1. The number of benzene rings is 1. The van der Waals surface area contributed by atoms with Crippen molar-refractivity contribution in [3.05, 3.63) is 35.9 Å². The van der Waals surface area contributed by atoms with E-state index in [4.69, 9.17) is 4.74 Å². The number of nitrogens with zero attached hydrogens (tertiary/aromatic N) is 3. The van der Waals surface area contributed by atoms with Crippen LogP contribution in [0.5, 0.6) is 0 Å². The summed E-state index contributed by atoms with van der Waals surface area (Å²) in [5, 5.41) is 0. The Morgan fingerprint density at radius 3 is 2.52 bits per heavy atom. The Morgan fingerprint density at radius 1 is 1.19 bits per heavy atom. The van der Waals surface area contributed by atoms with Crippen LogP contribution < -0.4 is 0 Å². The number of hydrogen-bond donors (Lipinski definition) is 0. The van der Waals surface area contributed by atoms with E-state index in [-0.39, 0.29) is 17.8 Å². The van der Waals surface area contributed by atoms with Crippen molar-refractivity contribution in [3.63, 3.8) is 0 Å². The molecule has 2 heterocycles. The topological polar surface area (TPSA) is 70.2 Å². The van der Waals surface area contributed by atoms with E-state index in [2.05, 4.69) is 0 Å². The second kappa shape index (κ2) is 9.14. The van der Waals surface area contributed by atoms with Gasteiger partial charge in [-0.25, -0.2) is 8.42 Å². The van der Waals surface area contributed by atoms with Crippen LogP contribution in [-0.2, 0) is 25.3 Å². The first kappa shape index (κ1) is 20.3. The number of ether oxygens (including phenoxy) is 1. The summed E-state index contributed by atoms with van der Waals surface area (Å²) in [7, 11) is -1.43. The summed E-state index contributed by atoms with van der Waals surface area (Å²) in [5.74, 6) is 0.0574. The first-order valence-corrected chi connectivity index (χ1v) is 11.1. The van der Waals surface area contributed by atoms with Crippen LogP contribution in [0.2, 0.25) is 0 Å². The van der Waals surface area contributed by atoms with Gasteiger partial charge < -0.3 is 9.64 Å². The van der Waals surface area contributed by atoms with E-state index in [0.29, 0.717) is 32.7 Å². The molecule has 1 aromatic rings.